The van der Waals surface area contributed by atoms with E-state index in [9.17, 15) is 0 Å². The van der Waals surface area contributed by atoms with Gasteiger partial charge in [0.2, 0.25) is 5.88 Å². The van der Waals surface area contributed by atoms with Crippen molar-refractivity contribution in [1.82, 2.24) is 20.3 Å². The summed E-state index contributed by atoms with van der Waals surface area (Å²) in [5.74, 6) is 1.42. The molecule has 0 atom stereocenters. The maximum atomic E-state index is 5.02. The molecule has 0 aliphatic carbocycles. The molecule has 0 aromatic carbocycles. The second kappa shape index (κ2) is 6.07. The molecule has 2 aromatic rings. The fourth-order valence-corrected chi connectivity index (χ4v) is 1.62. The van der Waals surface area contributed by atoms with Gasteiger partial charge < -0.3 is 10.1 Å². The normalized spacial score (nSPS) is 10.3. The van der Waals surface area contributed by atoms with Crippen LogP contribution in [-0.4, -0.2) is 29.1 Å². The van der Waals surface area contributed by atoms with Crippen LogP contribution in [0.15, 0.2) is 30.6 Å². The molecule has 0 saturated carbocycles. The zero-order chi connectivity index (χ0) is 12.8. The third-order valence-electron chi connectivity index (χ3n) is 2.49. The third-order valence-corrected chi connectivity index (χ3v) is 2.49. The molecule has 0 unspecified atom stereocenters. The largest absolute Gasteiger partial charge is 0.481 e. The zero-order valence-corrected chi connectivity index (χ0v) is 10.6. The lowest BCUT2D eigenvalue weighted by atomic mass is 10.2. The fraction of sp³-hybridized carbons (Fsp3) is 0.308. The SMILES string of the molecule is CNCc1ccnc(Cc2ccc(OC)nc2)n1. The minimum absolute atomic E-state index is 0.614. The second-order valence-electron chi connectivity index (χ2n) is 3.88. The van der Waals surface area contributed by atoms with Crippen LogP contribution in [0.1, 0.15) is 17.1 Å². The van der Waals surface area contributed by atoms with E-state index in [1.807, 2.05) is 25.2 Å². The highest BCUT2D eigenvalue weighted by Gasteiger charge is 2.02. The Morgan fingerprint density at radius 1 is 1.22 bits per heavy atom. The molecule has 94 valence electrons. The Balaban J connectivity index is 2.09. The Morgan fingerprint density at radius 3 is 2.78 bits per heavy atom. The van der Waals surface area contributed by atoms with Crippen molar-refractivity contribution in [3.05, 3.63) is 47.7 Å². The molecule has 0 aliphatic heterocycles. The Bertz CT molecular complexity index is 499. The Labute approximate surface area is 106 Å². The van der Waals surface area contributed by atoms with Crippen molar-refractivity contribution in [1.29, 1.82) is 0 Å². The van der Waals surface area contributed by atoms with Crippen molar-refractivity contribution in [2.45, 2.75) is 13.0 Å². The van der Waals surface area contributed by atoms with Gasteiger partial charge in [-0.15, -0.1) is 0 Å². The third kappa shape index (κ3) is 3.24. The van der Waals surface area contributed by atoms with Gasteiger partial charge in [-0.3, -0.25) is 0 Å². The molecule has 0 radical (unpaired) electrons. The first-order valence-electron chi connectivity index (χ1n) is 5.76. The average molecular weight is 244 g/mol. The topological polar surface area (TPSA) is 59.9 Å². The number of aromatic nitrogens is 3. The van der Waals surface area contributed by atoms with Gasteiger partial charge in [-0.25, -0.2) is 15.0 Å². The summed E-state index contributed by atoms with van der Waals surface area (Å²) >= 11 is 0. The van der Waals surface area contributed by atoms with E-state index >= 15 is 0 Å². The van der Waals surface area contributed by atoms with Crippen LogP contribution in [0, 0.1) is 0 Å². The standard InChI is InChI=1S/C13H16N4O/c1-14-9-11-5-6-15-12(17-11)7-10-3-4-13(18-2)16-8-10/h3-6,8,14H,7,9H2,1-2H3. The maximum absolute atomic E-state index is 5.02. The van der Waals surface area contributed by atoms with Gasteiger partial charge >= 0.3 is 0 Å². The van der Waals surface area contributed by atoms with Crippen LogP contribution in [0.25, 0.3) is 0 Å². The van der Waals surface area contributed by atoms with Crippen LogP contribution in [0.2, 0.25) is 0 Å². The summed E-state index contributed by atoms with van der Waals surface area (Å²) in [5.41, 5.74) is 2.06. The lowest BCUT2D eigenvalue weighted by Crippen LogP contribution is -2.09. The first kappa shape index (κ1) is 12.4. The zero-order valence-electron chi connectivity index (χ0n) is 10.6. The summed E-state index contributed by atoms with van der Waals surface area (Å²) in [5, 5.41) is 3.07. The van der Waals surface area contributed by atoms with E-state index in [2.05, 4.69) is 20.3 Å². The molecular weight excluding hydrogens is 228 g/mol. The van der Waals surface area contributed by atoms with Crippen molar-refractivity contribution in [2.75, 3.05) is 14.2 Å². The van der Waals surface area contributed by atoms with Crippen LogP contribution < -0.4 is 10.1 Å². The predicted molar refractivity (Wildman–Crippen MR) is 68.4 cm³/mol. The molecule has 2 aromatic heterocycles. The fourth-order valence-electron chi connectivity index (χ4n) is 1.62. The molecule has 1 N–H and O–H groups in total. The molecule has 0 aliphatic rings. The summed E-state index contributed by atoms with van der Waals surface area (Å²) in [4.78, 5) is 12.9. The van der Waals surface area contributed by atoms with Gasteiger partial charge in [0.25, 0.3) is 0 Å². The Kier molecular flexibility index (Phi) is 4.20. The van der Waals surface area contributed by atoms with Crippen LogP contribution in [0.3, 0.4) is 0 Å². The lowest BCUT2D eigenvalue weighted by Gasteiger charge is -2.04. The van der Waals surface area contributed by atoms with Gasteiger partial charge in [0.15, 0.2) is 0 Å². The van der Waals surface area contributed by atoms with E-state index in [-0.39, 0.29) is 0 Å². The number of rotatable bonds is 5. The first-order chi connectivity index (χ1) is 8.81. The number of nitrogens with one attached hydrogen (secondary N) is 1. The number of hydrogen-bond acceptors (Lipinski definition) is 5. The summed E-state index contributed by atoms with van der Waals surface area (Å²) in [7, 11) is 3.50. The highest BCUT2D eigenvalue weighted by atomic mass is 16.5. The van der Waals surface area contributed by atoms with E-state index in [1.54, 1.807) is 19.5 Å². The Morgan fingerprint density at radius 2 is 2.11 bits per heavy atom. The summed E-state index contributed by atoms with van der Waals surface area (Å²) in [6.07, 6.45) is 4.24. The second-order valence-corrected chi connectivity index (χ2v) is 3.88. The highest BCUT2D eigenvalue weighted by molar-refractivity contribution is 5.21. The van der Waals surface area contributed by atoms with Gasteiger partial charge in [0.05, 0.1) is 12.8 Å². The van der Waals surface area contributed by atoms with Crippen LogP contribution >= 0.6 is 0 Å². The minimum Gasteiger partial charge on any atom is -0.481 e. The van der Waals surface area contributed by atoms with E-state index in [0.717, 1.165) is 23.6 Å². The number of nitrogens with zero attached hydrogens (tertiary/aromatic N) is 3. The summed E-state index contributed by atoms with van der Waals surface area (Å²) < 4.78 is 5.02. The molecule has 5 heteroatoms. The number of pyridine rings is 1. The van der Waals surface area contributed by atoms with Gasteiger partial charge in [-0.05, 0) is 18.7 Å². The molecule has 0 amide bonds. The lowest BCUT2D eigenvalue weighted by molar-refractivity contribution is 0.397. The van der Waals surface area contributed by atoms with Crippen LogP contribution in [-0.2, 0) is 13.0 Å². The van der Waals surface area contributed by atoms with Crippen LogP contribution in [0.5, 0.6) is 5.88 Å². The first-order valence-corrected chi connectivity index (χ1v) is 5.76. The molecular formula is C13H16N4O. The molecule has 2 rings (SSSR count). The molecule has 18 heavy (non-hydrogen) atoms. The quantitative estimate of drug-likeness (QED) is 0.856. The van der Waals surface area contributed by atoms with Gasteiger partial charge in [-0.1, -0.05) is 6.07 Å². The van der Waals surface area contributed by atoms with Crippen molar-refractivity contribution >= 4 is 0 Å². The summed E-state index contributed by atoms with van der Waals surface area (Å²) in [6.45, 7) is 0.746. The highest BCUT2D eigenvalue weighted by Crippen LogP contribution is 2.09. The minimum atomic E-state index is 0.614. The summed E-state index contributed by atoms with van der Waals surface area (Å²) in [6, 6.07) is 5.72. The van der Waals surface area contributed by atoms with Crippen molar-refractivity contribution < 1.29 is 4.74 Å². The van der Waals surface area contributed by atoms with E-state index < -0.39 is 0 Å². The van der Waals surface area contributed by atoms with Gasteiger partial charge in [-0.2, -0.15) is 0 Å². The number of hydrogen-bond donors (Lipinski definition) is 1. The van der Waals surface area contributed by atoms with E-state index in [1.165, 1.54) is 0 Å². The molecule has 0 bridgehead atoms. The van der Waals surface area contributed by atoms with Crippen molar-refractivity contribution in [3.63, 3.8) is 0 Å². The van der Waals surface area contributed by atoms with Crippen molar-refractivity contribution in [2.24, 2.45) is 0 Å². The van der Waals surface area contributed by atoms with Crippen molar-refractivity contribution in [3.8, 4) is 5.88 Å². The molecule has 0 fully saturated rings. The van der Waals surface area contributed by atoms with E-state index in [0.29, 0.717) is 12.3 Å². The Hall–Kier alpha value is -2.01. The maximum Gasteiger partial charge on any atom is 0.212 e. The van der Waals surface area contributed by atoms with Gasteiger partial charge in [0.1, 0.15) is 5.82 Å². The molecule has 5 nitrogen and oxygen atoms in total. The van der Waals surface area contributed by atoms with Crippen LogP contribution in [0.4, 0.5) is 0 Å². The smallest absolute Gasteiger partial charge is 0.212 e. The molecule has 0 saturated heterocycles. The average Bonchev–Trinajstić information content (AvgIpc) is 2.40. The molecule has 2 heterocycles. The van der Waals surface area contributed by atoms with E-state index in [4.69, 9.17) is 4.74 Å². The predicted octanol–water partition coefficient (Wildman–Crippen LogP) is 1.19. The number of methoxy groups -OCH3 is 1. The monoisotopic (exact) mass is 244 g/mol. The number of ether oxygens (including phenoxy) is 1. The van der Waals surface area contributed by atoms with Gasteiger partial charge in [0, 0.05) is 31.4 Å². The molecule has 0 spiro atoms.